The molecule has 202 valence electrons. The largest absolute Gasteiger partial charge is 0.489 e. The number of aromatic nitrogens is 2. The molecule has 0 atom stereocenters. The van der Waals surface area contributed by atoms with Crippen LogP contribution in [0.3, 0.4) is 0 Å². The van der Waals surface area contributed by atoms with Crippen molar-refractivity contribution in [2.75, 3.05) is 39.6 Å². The van der Waals surface area contributed by atoms with Crippen LogP contribution >= 0.6 is 0 Å². The molecule has 2 aromatic heterocycles. The molecule has 0 fully saturated rings. The highest BCUT2D eigenvalue weighted by atomic mass is 16.6. The predicted molar refractivity (Wildman–Crippen MR) is 157 cm³/mol. The minimum atomic E-state index is -0.0191. The lowest BCUT2D eigenvalue weighted by Crippen LogP contribution is -2.14. The van der Waals surface area contributed by atoms with Crippen LogP contribution in [0.4, 0.5) is 0 Å². The van der Waals surface area contributed by atoms with E-state index in [2.05, 4.69) is 9.97 Å². The zero-order chi connectivity index (χ0) is 27.3. The maximum Gasteiger partial charge on any atom is 0.197 e. The Hall–Kier alpha value is -4.66. The Morgan fingerprint density at radius 2 is 0.850 bits per heavy atom. The summed E-state index contributed by atoms with van der Waals surface area (Å²) in [6.45, 7) is 2.26. The monoisotopic (exact) mass is 536 g/mol. The average molecular weight is 537 g/mol. The lowest BCUT2D eigenvalue weighted by Gasteiger charge is -2.12. The van der Waals surface area contributed by atoms with E-state index in [1.54, 1.807) is 12.1 Å². The number of pyridine rings is 2. The number of benzene rings is 4. The van der Waals surface area contributed by atoms with Gasteiger partial charge in [-0.2, -0.15) is 0 Å². The summed E-state index contributed by atoms with van der Waals surface area (Å²) in [6, 6.07) is 25.8. The van der Waals surface area contributed by atoms with E-state index in [0.29, 0.717) is 83.7 Å². The molecule has 8 heteroatoms. The Morgan fingerprint density at radius 3 is 1.32 bits per heavy atom. The predicted octanol–water partition coefficient (Wildman–Crippen LogP) is 5.17. The number of ether oxygens (including phenoxy) is 4. The molecule has 40 heavy (non-hydrogen) atoms. The number of para-hydroxylation sites is 4. The van der Waals surface area contributed by atoms with E-state index in [-0.39, 0.29) is 10.9 Å². The van der Waals surface area contributed by atoms with Crippen molar-refractivity contribution in [2.24, 2.45) is 0 Å². The number of hydrogen-bond donors (Lipinski definition) is 2. The van der Waals surface area contributed by atoms with Crippen LogP contribution in [-0.4, -0.2) is 49.6 Å². The second kappa shape index (κ2) is 11.6. The summed E-state index contributed by atoms with van der Waals surface area (Å²) in [7, 11) is 0. The van der Waals surface area contributed by atoms with E-state index < -0.39 is 0 Å². The van der Waals surface area contributed by atoms with Crippen molar-refractivity contribution in [1.82, 2.24) is 9.97 Å². The Labute approximate surface area is 229 Å². The smallest absolute Gasteiger partial charge is 0.197 e. The van der Waals surface area contributed by atoms with E-state index in [4.69, 9.17) is 18.9 Å². The Balaban J connectivity index is 0.947. The second-order valence-electron chi connectivity index (χ2n) is 9.28. The summed E-state index contributed by atoms with van der Waals surface area (Å²) < 4.78 is 23.1. The third kappa shape index (κ3) is 5.14. The summed E-state index contributed by atoms with van der Waals surface area (Å²) in [4.78, 5) is 32.3. The van der Waals surface area contributed by atoms with Crippen LogP contribution in [0.2, 0.25) is 0 Å². The molecule has 0 spiro atoms. The van der Waals surface area contributed by atoms with Gasteiger partial charge in [0.1, 0.15) is 24.7 Å². The summed E-state index contributed by atoms with van der Waals surface area (Å²) in [5.41, 5.74) is 2.87. The fourth-order valence-electron chi connectivity index (χ4n) is 4.82. The molecule has 0 radical (unpaired) electrons. The van der Waals surface area contributed by atoms with E-state index in [1.807, 2.05) is 72.8 Å². The normalized spacial score (nSPS) is 11.5. The molecule has 2 heterocycles. The van der Waals surface area contributed by atoms with Gasteiger partial charge in [-0.15, -0.1) is 0 Å². The number of H-pyrrole nitrogens is 2. The highest BCUT2D eigenvalue weighted by Crippen LogP contribution is 2.25. The molecule has 0 aliphatic carbocycles. The van der Waals surface area contributed by atoms with E-state index >= 15 is 0 Å². The van der Waals surface area contributed by atoms with E-state index in [0.717, 1.165) is 11.0 Å². The molecular weight excluding hydrogens is 508 g/mol. The van der Waals surface area contributed by atoms with Gasteiger partial charge in [0.2, 0.25) is 0 Å². The van der Waals surface area contributed by atoms with Gasteiger partial charge in [-0.3, -0.25) is 9.59 Å². The fourth-order valence-corrected chi connectivity index (χ4v) is 4.82. The quantitative estimate of drug-likeness (QED) is 0.175. The number of rotatable bonds is 11. The van der Waals surface area contributed by atoms with Gasteiger partial charge in [-0.1, -0.05) is 36.4 Å². The van der Waals surface area contributed by atoms with E-state index in [9.17, 15) is 9.59 Å². The van der Waals surface area contributed by atoms with Gasteiger partial charge in [-0.05, 0) is 48.5 Å². The minimum absolute atomic E-state index is 0.0191. The van der Waals surface area contributed by atoms with Crippen LogP contribution in [0.25, 0.3) is 43.6 Å². The van der Waals surface area contributed by atoms with Crippen LogP contribution in [0, 0.1) is 0 Å². The molecule has 0 unspecified atom stereocenters. The first-order chi connectivity index (χ1) is 19.7. The molecule has 4 aromatic carbocycles. The van der Waals surface area contributed by atoms with Crippen molar-refractivity contribution in [3.8, 4) is 11.5 Å². The zero-order valence-electron chi connectivity index (χ0n) is 21.8. The van der Waals surface area contributed by atoms with Gasteiger partial charge in [0.25, 0.3) is 0 Å². The third-order valence-corrected chi connectivity index (χ3v) is 6.75. The van der Waals surface area contributed by atoms with Gasteiger partial charge in [0, 0.05) is 32.6 Å². The highest BCUT2D eigenvalue weighted by molar-refractivity contribution is 5.96. The van der Waals surface area contributed by atoms with Gasteiger partial charge >= 0.3 is 0 Å². The standard InChI is InChI=1S/C32H28N2O6/c35-31-21-7-1-3-11-25(21)33-29-23(31)9-5-13-27(29)39-19-17-37-15-16-38-18-20-40-28-14-6-10-24-30(28)34-26-12-4-2-8-22(26)32(24)36/h1-14H,15-20H2,(H,33,35)(H,34,36). The molecule has 6 rings (SSSR count). The van der Waals surface area contributed by atoms with Crippen molar-refractivity contribution in [3.05, 3.63) is 105 Å². The Morgan fingerprint density at radius 1 is 0.450 bits per heavy atom. The molecule has 0 aliphatic heterocycles. The van der Waals surface area contributed by atoms with Crippen LogP contribution < -0.4 is 20.3 Å². The molecule has 0 saturated carbocycles. The number of aromatic amines is 2. The third-order valence-electron chi connectivity index (χ3n) is 6.75. The van der Waals surface area contributed by atoms with Gasteiger partial charge in [-0.25, -0.2) is 0 Å². The van der Waals surface area contributed by atoms with Crippen LogP contribution in [-0.2, 0) is 9.47 Å². The number of nitrogens with one attached hydrogen (secondary N) is 2. The minimum Gasteiger partial charge on any atom is -0.489 e. The Kier molecular flexibility index (Phi) is 7.43. The maximum atomic E-state index is 12.8. The van der Waals surface area contributed by atoms with Gasteiger partial charge in [0.05, 0.1) is 37.5 Å². The van der Waals surface area contributed by atoms with Gasteiger partial charge < -0.3 is 28.9 Å². The fraction of sp³-hybridized carbons (Fsp3) is 0.188. The lowest BCUT2D eigenvalue weighted by molar-refractivity contribution is 0.0276. The van der Waals surface area contributed by atoms with E-state index in [1.165, 1.54) is 0 Å². The summed E-state index contributed by atoms with van der Waals surface area (Å²) in [5, 5.41) is 2.50. The molecule has 2 N–H and O–H groups in total. The summed E-state index contributed by atoms with van der Waals surface area (Å²) in [5.74, 6) is 1.22. The van der Waals surface area contributed by atoms with Crippen LogP contribution in [0.1, 0.15) is 0 Å². The number of hydrogen-bond acceptors (Lipinski definition) is 6. The SMILES string of the molecule is O=c1c2ccccc2[nH]c2c(OCCOCCOCCOc3cccc4c(=O)c5ccccc5[nH]c34)cccc12. The summed E-state index contributed by atoms with van der Waals surface area (Å²) in [6.07, 6.45) is 0. The first-order valence-corrected chi connectivity index (χ1v) is 13.2. The van der Waals surface area contributed by atoms with Crippen LogP contribution in [0.15, 0.2) is 94.5 Å². The van der Waals surface area contributed by atoms with Crippen molar-refractivity contribution in [2.45, 2.75) is 0 Å². The van der Waals surface area contributed by atoms with Crippen molar-refractivity contribution >= 4 is 43.6 Å². The molecule has 8 nitrogen and oxygen atoms in total. The van der Waals surface area contributed by atoms with Gasteiger partial charge in [0.15, 0.2) is 10.9 Å². The molecule has 0 bridgehead atoms. The average Bonchev–Trinajstić information content (AvgIpc) is 2.99. The highest BCUT2D eigenvalue weighted by Gasteiger charge is 2.10. The van der Waals surface area contributed by atoms with Crippen molar-refractivity contribution < 1.29 is 18.9 Å². The molecule has 0 aliphatic rings. The molecular formula is C32H28N2O6. The maximum absolute atomic E-state index is 12.8. The zero-order valence-corrected chi connectivity index (χ0v) is 21.8. The second-order valence-corrected chi connectivity index (χ2v) is 9.28. The van der Waals surface area contributed by atoms with Crippen molar-refractivity contribution in [3.63, 3.8) is 0 Å². The topological polar surface area (TPSA) is 103 Å². The molecule has 0 saturated heterocycles. The number of fused-ring (bicyclic) bond motifs is 4. The van der Waals surface area contributed by atoms with Crippen LogP contribution in [0.5, 0.6) is 11.5 Å². The Bertz CT molecular complexity index is 1790. The lowest BCUT2D eigenvalue weighted by atomic mass is 10.1. The summed E-state index contributed by atoms with van der Waals surface area (Å²) >= 11 is 0. The molecule has 6 aromatic rings. The first-order valence-electron chi connectivity index (χ1n) is 13.2. The molecule has 0 amide bonds. The first kappa shape index (κ1) is 25.6. The van der Waals surface area contributed by atoms with Crippen molar-refractivity contribution in [1.29, 1.82) is 0 Å².